The van der Waals surface area contributed by atoms with Crippen LogP contribution in [0.15, 0.2) is 42.5 Å². The molecule has 2 aromatic rings. The number of benzene rings is 2. The number of hydrogen-bond acceptors (Lipinski definition) is 1. The maximum atomic E-state index is 12.2. The molecule has 0 aromatic heterocycles. The molecule has 2 aromatic carbocycles. The third kappa shape index (κ3) is 4.47. The van der Waals surface area contributed by atoms with Crippen LogP contribution in [0.1, 0.15) is 22.9 Å². The Balaban J connectivity index is 2.10. The predicted octanol–water partition coefficient (Wildman–Crippen LogP) is 5.63. The average molecular weight is 387 g/mol. The van der Waals surface area contributed by atoms with Crippen LogP contribution in [-0.4, -0.2) is 5.91 Å². The average Bonchev–Trinajstić information content (AvgIpc) is 2.43. The van der Waals surface area contributed by atoms with E-state index in [-0.39, 0.29) is 17.2 Å². The summed E-state index contributed by atoms with van der Waals surface area (Å²) in [5, 5.41) is 3.87. The molecule has 0 radical (unpaired) electrons. The zero-order valence-electron chi connectivity index (χ0n) is 11.4. The van der Waals surface area contributed by atoms with Crippen LogP contribution in [0.4, 0.5) is 5.69 Å². The van der Waals surface area contributed by atoms with Gasteiger partial charge in [-0.25, -0.2) is 0 Å². The van der Waals surface area contributed by atoms with Crippen LogP contribution in [0.2, 0.25) is 10.0 Å². The maximum absolute atomic E-state index is 12.2. The van der Waals surface area contributed by atoms with E-state index in [1.165, 1.54) is 0 Å². The Bertz CT molecular complexity index is 658. The number of rotatable bonds is 4. The third-order valence-corrected chi connectivity index (χ3v) is 4.24. The number of hydrogen-bond donors (Lipinski definition) is 1. The second-order valence-electron chi connectivity index (χ2n) is 4.68. The summed E-state index contributed by atoms with van der Waals surface area (Å²) in [7, 11) is 0. The first-order valence-corrected chi connectivity index (χ1v) is 8.11. The molecule has 0 aliphatic carbocycles. The summed E-state index contributed by atoms with van der Waals surface area (Å²) in [6, 6.07) is 12.9. The van der Waals surface area contributed by atoms with Crippen LogP contribution in [0, 0.1) is 0 Å². The second kappa shape index (κ2) is 7.30. The van der Waals surface area contributed by atoms with Crippen molar-refractivity contribution in [1.82, 2.24) is 0 Å². The SMILES string of the molecule is CC(Br)c1ccccc1NC(=O)Cc1ccc(Cl)c(Cl)c1. The van der Waals surface area contributed by atoms with Gasteiger partial charge in [0.2, 0.25) is 5.91 Å². The number of alkyl halides is 1. The van der Waals surface area contributed by atoms with Crippen molar-refractivity contribution in [3.63, 3.8) is 0 Å². The molecular weight excluding hydrogens is 373 g/mol. The maximum Gasteiger partial charge on any atom is 0.228 e. The lowest BCUT2D eigenvalue weighted by molar-refractivity contribution is -0.115. The Morgan fingerprint density at radius 1 is 1.19 bits per heavy atom. The summed E-state index contributed by atoms with van der Waals surface area (Å²) in [6.07, 6.45) is 0.252. The summed E-state index contributed by atoms with van der Waals surface area (Å²) >= 11 is 15.3. The standard InChI is InChI=1S/C16H14BrCl2NO/c1-10(17)12-4-2-3-5-15(12)20-16(21)9-11-6-7-13(18)14(19)8-11/h2-8,10H,9H2,1H3,(H,20,21). The van der Waals surface area contributed by atoms with E-state index >= 15 is 0 Å². The fraction of sp³-hybridized carbons (Fsp3) is 0.188. The lowest BCUT2D eigenvalue weighted by Gasteiger charge is -2.12. The lowest BCUT2D eigenvalue weighted by atomic mass is 10.1. The minimum atomic E-state index is -0.0889. The Kier molecular flexibility index (Phi) is 5.68. The summed E-state index contributed by atoms with van der Waals surface area (Å²) in [5.41, 5.74) is 2.68. The van der Waals surface area contributed by atoms with Gasteiger partial charge in [-0.1, -0.05) is 63.4 Å². The molecule has 1 amide bonds. The van der Waals surface area contributed by atoms with Crippen LogP contribution in [-0.2, 0) is 11.2 Å². The van der Waals surface area contributed by atoms with Gasteiger partial charge in [0, 0.05) is 10.5 Å². The smallest absolute Gasteiger partial charge is 0.228 e. The fourth-order valence-electron chi connectivity index (χ4n) is 1.99. The summed E-state index contributed by atoms with van der Waals surface area (Å²) in [6.45, 7) is 2.02. The molecule has 0 bridgehead atoms. The topological polar surface area (TPSA) is 29.1 Å². The van der Waals surface area contributed by atoms with Crippen molar-refractivity contribution >= 4 is 50.7 Å². The summed E-state index contributed by atoms with van der Waals surface area (Å²) in [4.78, 5) is 12.3. The molecule has 1 atom stereocenters. The minimum absolute atomic E-state index is 0.0889. The molecule has 110 valence electrons. The fourth-order valence-corrected chi connectivity index (χ4v) is 2.71. The van der Waals surface area contributed by atoms with E-state index < -0.39 is 0 Å². The monoisotopic (exact) mass is 385 g/mol. The van der Waals surface area contributed by atoms with Gasteiger partial charge in [0.05, 0.1) is 16.5 Å². The molecule has 0 spiro atoms. The van der Waals surface area contributed by atoms with Gasteiger partial charge in [0.1, 0.15) is 0 Å². The largest absolute Gasteiger partial charge is 0.326 e. The molecule has 5 heteroatoms. The lowest BCUT2D eigenvalue weighted by Crippen LogP contribution is -2.15. The van der Waals surface area contributed by atoms with E-state index in [4.69, 9.17) is 23.2 Å². The molecule has 0 saturated heterocycles. The Morgan fingerprint density at radius 3 is 2.57 bits per heavy atom. The van der Waals surface area contributed by atoms with E-state index in [0.29, 0.717) is 10.0 Å². The van der Waals surface area contributed by atoms with Gasteiger partial charge in [0.25, 0.3) is 0 Å². The quantitative estimate of drug-likeness (QED) is 0.677. The Labute approximate surface area is 142 Å². The van der Waals surface area contributed by atoms with Crippen molar-refractivity contribution in [2.24, 2.45) is 0 Å². The van der Waals surface area contributed by atoms with E-state index in [9.17, 15) is 4.79 Å². The van der Waals surface area contributed by atoms with E-state index in [1.807, 2.05) is 31.2 Å². The third-order valence-electron chi connectivity index (χ3n) is 3.01. The molecule has 0 aliphatic heterocycles. The molecule has 2 rings (SSSR count). The van der Waals surface area contributed by atoms with Gasteiger partial charge < -0.3 is 5.32 Å². The molecule has 0 saturated carbocycles. The first-order chi connectivity index (χ1) is 9.97. The number of nitrogens with one attached hydrogen (secondary N) is 1. The van der Waals surface area contributed by atoms with Gasteiger partial charge >= 0.3 is 0 Å². The predicted molar refractivity (Wildman–Crippen MR) is 92.6 cm³/mol. The highest BCUT2D eigenvalue weighted by molar-refractivity contribution is 9.09. The van der Waals surface area contributed by atoms with Crippen molar-refractivity contribution in [3.8, 4) is 0 Å². The summed E-state index contributed by atoms with van der Waals surface area (Å²) in [5.74, 6) is -0.0889. The van der Waals surface area contributed by atoms with Gasteiger partial charge in [-0.3, -0.25) is 4.79 Å². The molecule has 0 aliphatic rings. The summed E-state index contributed by atoms with van der Waals surface area (Å²) < 4.78 is 0. The van der Waals surface area contributed by atoms with E-state index in [2.05, 4.69) is 21.2 Å². The first-order valence-electron chi connectivity index (χ1n) is 6.44. The number of carbonyl (C=O) groups is 1. The van der Waals surface area contributed by atoms with E-state index in [0.717, 1.165) is 16.8 Å². The number of halogens is 3. The van der Waals surface area contributed by atoms with Crippen molar-refractivity contribution < 1.29 is 4.79 Å². The number of carbonyl (C=O) groups excluding carboxylic acids is 1. The molecule has 0 heterocycles. The normalized spacial score (nSPS) is 12.0. The van der Waals surface area contributed by atoms with Crippen LogP contribution in [0.5, 0.6) is 0 Å². The number of para-hydroxylation sites is 1. The number of anilines is 1. The Morgan fingerprint density at radius 2 is 1.90 bits per heavy atom. The molecule has 1 unspecified atom stereocenters. The highest BCUT2D eigenvalue weighted by Gasteiger charge is 2.11. The minimum Gasteiger partial charge on any atom is -0.326 e. The molecule has 0 fully saturated rings. The zero-order chi connectivity index (χ0) is 15.4. The first kappa shape index (κ1) is 16.3. The molecule has 21 heavy (non-hydrogen) atoms. The second-order valence-corrected chi connectivity index (χ2v) is 6.86. The highest BCUT2D eigenvalue weighted by atomic mass is 79.9. The van der Waals surface area contributed by atoms with Gasteiger partial charge in [-0.15, -0.1) is 0 Å². The van der Waals surface area contributed by atoms with Crippen LogP contribution in [0.25, 0.3) is 0 Å². The van der Waals surface area contributed by atoms with Crippen molar-refractivity contribution in [2.45, 2.75) is 18.2 Å². The van der Waals surface area contributed by atoms with E-state index in [1.54, 1.807) is 18.2 Å². The van der Waals surface area contributed by atoms with Crippen molar-refractivity contribution in [2.75, 3.05) is 5.32 Å². The molecule has 1 N–H and O–H groups in total. The van der Waals surface area contributed by atoms with Crippen molar-refractivity contribution in [3.05, 3.63) is 63.6 Å². The van der Waals surface area contributed by atoms with Crippen LogP contribution >= 0.6 is 39.1 Å². The van der Waals surface area contributed by atoms with Crippen molar-refractivity contribution in [1.29, 1.82) is 0 Å². The molecular formula is C16H14BrCl2NO. The van der Waals surface area contributed by atoms with Gasteiger partial charge in [-0.2, -0.15) is 0 Å². The number of amides is 1. The van der Waals surface area contributed by atoms with Crippen LogP contribution < -0.4 is 5.32 Å². The highest BCUT2D eigenvalue weighted by Crippen LogP contribution is 2.29. The zero-order valence-corrected chi connectivity index (χ0v) is 14.5. The van der Waals surface area contributed by atoms with Gasteiger partial charge in [-0.05, 0) is 36.2 Å². The Hall–Kier alpha value is -1.03. The van der Waals surface area contributed by atoms with Gasteiger partial charge in [0.15, 0.2) is 0 Å². The molecule has 2 nitrogen and oxygen atoms in total. The van der Waals surface area contributed by atoms with Crippen LogP contribution in [0.3, 0.4) is 0 Å².